The minimum Gasteiger partial charge on any atom is -0.468 e. The van der Waals surface area contributed by atoms with Crippen molar-refractivity contribution in [3.8, 4) is 0 Å². The van der Waals surface area contributed by atoms with Gasteiger partial charge in [-0.15, -0.1) is 0 Å². The van der Waals surface area contributed by atoms with Gasteiger partial charge in [0, 0.05) is 19.0 Å². The highest BCUT2D eigenvalue weighted by Crippen LogP contribution is 2.01. The van der Waals surface area contributed by atoms with Crippen molar-refractivity contribution in [3.05, 3.63) is 0 Å². The molecule has 0 saturated heterocycles. The van der Waals surface area contributed by atoms with Gasteiger partial charge in [-0.3, -0.25) is 9.59 Å². The third-order valence-electron chi connectivity index (χ3n) is 2.06. The van der Waals surface area contributed by atoms with E-state index in [0.717, 1.165) is 0 Å². The van der Waals surface area contributed by atoms with Crippen molar-refractivity contribution < 1.29 is 14.3 Å². The Kier molecular flexibility index (Phi) is 6.70. The second-order valence-electron chi connectivity index (χ2n) is 3.55. The molecule has 88 valence electrons. The normalized spacial score (nSPS) is 10.2. The minimum atomic E-state index is -0.387. The number of amides is 1. The first kappa shape index (κ1) is 13.9. The molecule has 5 nitrogen and oxygen atoms in total. The van der Waals surface area contributed by atoms with Crippen molar-refractivity contribution in [1.82, 2.24) is 10.2 Å². The number of hydrogen-bond donors (Lipinski definition) is 1. The monoisotopic (exact) mass is 216 g/mol. The van der Waals surface area contributed by atoms with Gasteiger partial charge in [-0.25, -0.2) is 0 Å². The molecule has 0 radical (unpaired) electrons. The fraction of sp³-hybridized carbons (Fsp3) is 0.800. The number of carbonyl (C=O) groups is 2. The van der Waals surface area contributed by atoms with Gasteiger partial charge in [-0.2, -0.15) is 0 Å². The van der Waals surface area contributed by atoms with Gasteiger partial charge in [0.2, 0.25) is 5.91 Å². The predicted molar refractivity (Wildman–Crippen MR) is 57.4 cm³/mol. The van der Waals surface area contributed by atoms with E-state index in [2.05, 4.69) is 10.1 Å². The molecule has 1 N–H and O–H groups in total. The third kappa shape index (κ3) is 5.37. The third-order valence-corrected chi connectivity index (χ3v) is 2.06. The Morgan fingerprint density at radius 2 is 2.00 bits per heavy atom. The number of hydrogen-bond acceptors (Lipinski definition) is 4. The number of ether oxygens (including phenoxy) is 1. The van der Waals surface area contributed by atoms with Crippen LogP contribution in [-0.2, 0) is 14.3 Å². The molecule has 0 aliphatic carbocycles. The number of nitrogens with zero attached hydrogens (tertiary/aromatic N) is 1. The van der Waals surface area contributed by atoms with Gasteiger partial charge < -0.3 is 15.0 Å². The quantitative estimate of drug-likeness (QED) is 0.635. The van der Waals surface area contributed by atoms with Crippen molar-refractivity contribution in [1.29, 1.82) is 0 Å². The lowest BCUT2D eigenvalue weighted by Gasteiger charge is -2.25. The van der Waals surface area contributed by atoms with Crippen molar-refractivity contribution in [2.24, 2.45) is 0 Å². The van der Waals surface area contributed by atoms with Crippen LogP contribution in [0.25, 0.3) is 0 Å². The largest absolute Gasteiger partial charge is 0.468 e. The lowest BCUT2D eigenvalue weighted by atomic mass is 10.2. The zero-order valence-corrected chi connectivity index (χ0v) is 9.87. The van der Waals surface area contributed by atoms with Crippen LogP contribution in [0, 0.1) is 0 Å². The first-order chi connectivity index (χ1) is 7.02. The highest BCUT2D eigenvalue weighted by molar-refractivity contribution is 5.82. The SMILES string of the molecule is CNCCC(=O)N(CC(=O)OC)C(C)C. The fourth-order valence-electron chi connectivity index (χ4n) is 1.14. The van der Waals surface area contributed by atoms with E-state index < -0.39 is 0 Å². The summed E-state index contributed by atoms with van der Waals surface area (Å²) in [5.74, 6) is -0.425. The van der Waals surface area contributed by atoms with E-state index in [9.17, 15) is 9.59 Å². The minimum absolute atomic E-state index is 0.00783. The van der Waals surface area contributed by atoms with Gasteiger partial charge in [0.25, 0.3) is 0 Å². The molecule has 0 aliphatic rings. The summed E-state index contributed by atoms with van der Waals surface area (Å²) in [5.41, 5.74) is 0. The molecule has 0 unspecified atom stereocenters. The highest BCUT2D eigenvalue weighted by atomic mass is 16.5. The molecule has 0 aromatic heterocycles. The summed E-state index contributed by atoms with van der Waals surface area (Å²) in [4.78, 5) is 24.3. The first-order valence-corrected chi connectivity index (χ1v) is 5.03. The number of rotatable bonds is 6. The molecule has 0 fully saturated rings. The van der Waals surface area contributed by atoms with Crippen LogP contribution in [0.3, 0.4) is 0 Å². The van der Waals surface area contributed by atoms with Gasteiger partial charge in [0.15, 0.2) is 0 Å². The van der Waals surface area contributed by atoms with Crippen molar-refractivity contribution in [3.63, 3.8) is 0 Å². The van der Waals surface area contributed by atoms with Crippen molar-refractivity contribution in [2.45, 2.75) is 26.3 Å². The molecule has 0 rings (SSSR count). The summed E-state index contributed by atoms with van der Waals surface area (Å²) in [7, 11) is 3.10. The zero-order valence-electron chi connectivity index (χ0n) is 9.87. The Hall–Kier alpha value is -1.10. The molecule has 0 aliphatic heterocycles. The summed E-state index contributed by atoms with van der Waals surface area (Å²) < 4.78 is 4.54. The van der Waals surface area contributed by atoms with E-state index in [4.69, 9.17) is 0 Å². The lowest BCUT2D eigenvalue weighted by molar-refractivity contribution is -0.148. The zero-order chi connectivity index (χ0) is 11.8. The van der Waals surface area contributed by atoms with E-state index in [-0.39, 0.29) is 24.5 Å². The van der Waals surface area contributed by atoms with Crippen molar-refractivity contribution in [2.75, 3.05) is 27.2 Å². The van der Waals surface area contributed by atoms with Crippen LogP contribution in [-0.4, -0.2) is 50.1 Å². The van der Waals surface area contributed by atoms with Crippen LogP contribution < -0.4 is 5.32 Å². The standard InChI is InChI=1S/C10H20N2O3/c1-8(2)12(7-10(14)15-4)9(13)5-6-11-3/h8,11H,5-7H2,1-4H3. The molecular formula is C10H20N2O3. The van der Waals surface area contributed by atoms with Gasteiger partial charge in [0.1, 0.15) is 6.54 Å². The van der Waals surface area contributed by atoms with Gasteiger partial charge >= 0.3 is 5.97 Å². The summed E-state index contributed by atoms with van der Waals surface area (Å²) in [6, 6.07) is 0.00783. The second kappa shape index (κ2) is 7.23. The molecule has 0 saturated carbocycles. The summed E-state index contributed by atoms with van der Waals surface area (Å²) in [6.45, 7) is 4.39. The molecule has 1 amide bonds. The van der Waals surface area contributed by atoms with E-state index >= 15 is 0 Å². The molecular weight excluding hydrogens is 196 g/mol. The molecule has 5 heteroatoms. The molecule has 0 bridgehead atoms. The van der Waals surface area contributed by atoms with E-state index in [0.29, 0.717) is 13.0 Å². The van der Waals surface area contributed by atoms with Crippen LogP contribution in [0.4, 0.5) is 0 Å². The smallest absolute Gasteiger partial charge is 0.325 e. The Morgan fingerprint density at radius 1 is 1.40 bits per heavy atom. The van der Waals surface area contributed by atoms with E-state index in [1.807, 2.05) is 13.8 Å². The Balaban J connectivity index is 4.25. The molecule has 0 heterocycles. The summed E-state index contributed by atoms with van der Waals surface area (Å²) in [5, 5.41) is 2.90. The number of methoxy groups -OCH3 is 1. The maximum absolute atomic E-state index is 11.7. The van der Waals surface area contributed by atoms with Gasteiger partial charge in [0.05, 0.1) is 7.11 Å². The van der Waals surface area contributed by atoms with Crippen molar-refractivity contribution >= 4 is 11.9 Å². The lowest BCUT2D eigenvalue weighted by Crippen LogP contribution is -2.41. The Labute approximate surface area is 90.8 Å². The first-order valence-electron chi connectivity index (χ1n) is 5.03. The summed E-state index contributed by atoms with van der Waals surface area (Å²) >= 11 is 0. The van der Waals surface area contributed by atoms with E-state index in [1.165, 1.54) is 12.0 Å². The van der Waals surface area contributed by atoms with Gasteiger partial charge in [-0.1, -0.05) is 0 Å². The maximum Gasteiger partial charge on any atom is 0.325 e. The molecule has 15 heavy (non-hydrogen) atoms. The average Bonchev–Trinajstić information content (AvgIpc) is 2.21. The van der Waals surface area contributed by atoms with Crippen LogP contribution in [0.5, 0.6) is 0 Å². The molecule has 0 aromatic rings. The average molecular weight is 216 g/mol. The number of carbonyl (C=O) groups excluding carboxylic acids is 2. The highest BCUT2D eigenvalue weighted by Gasteiger charge is 2.19. The Bertz CT molecular complexity index is 217. The maximum atomic E-state index is 11.7. The van der Waals surface area contributed by atoms with Crippen LogP contribution in [0.1, 0.15) is 20.3 Å². The van der Waals surface area contributed by atoms with Crippen LogP contribution in [0.2, 0.25) is 0 Å². The number of nitrogens with one attached hydrogen (secondary N) is 1. The van der Waals surface area contributed by atoms with Gasteiger partial charge in [-0.05, 0) is 20.9 Å². The molecule has 0 spiro atoms. The van der Waals surface area contributed by atoms with Crippen LogP contribution >= 0.6 is 0 Å². The topological polar surface area (TPSA) is 58.6 Å². The Morgan fingerprint density at radius 3 is 2.40 bits per heavy atom. The summed E-state index contributed by atoms with van der Waals surface area (Å²) in [6.07, 6.45) is 0.395. The van der Waals surface area contributed by atoms with E-state index in [1.54, 1.807) is 7.05 Å². The number of esters is 1. The molecule has 0 aromatic carbocycles. The second-order valence-corrected chi connectivity index (χ2v) is 3.55. The van der Waals surface area contributed by atoms with Crippen LogP contribution in [0.15, 0.2) is 0 Å². The predicted octanol–water partition coefficient (Wildman–Crippen LogP) is 0.00590. The molecule has 0 atom stereocenters. The fourth-order valence-corrected chi connectivity index (χ4v) is 1.14.